The van der Waals surface area contributed by atoms with Crippen molar-refractivity contribution in [2.45, 2.75) is 18.9 Å². The molecule has 0 bridgehead atoms. The predicted molar refractivity (Wildman–Crippen MR) is 99.6 cm³/mol. The Kier molecular flexibility index (Phi) is 4.04. The maximum atomic E-state index is 8.89. The fourth-order valence-corrected chi connectivity index (χ4v) is 3.23. The van der Waals surface area contributed by atoms with Crippen LogP contribution < -0.4 is 16.4 Å². The molecular weight excluding hydrogens is 332 g/mol. The highest BCUT2D eigenvalue weighted by Gasteiger charge is 2.22. The molecule has 1 fully saturated rings. The second-order valence-electron chi connectivity index (χ2n) is 5.89. The number of nitrogens with two attached hydrogens (primary N) is 1. The first-order valence-electron chi connectivity index (χ1n) is 7.97. The molecule has 124 valence electrons. The summed E-state index contributed by atoms with van der Waals surface area (Å²) in [6, 6.07) is 11.9. The molecule has 2 aromatic rings. The molecule has 0 atom stereocenters. The summed E-state index contributed by atoms with van der Waals surface area (Å²) in [7, 11) is 0. The van der Waals surface area contributed by atoms with Crippen molar-refractivity contribution < 1.29 is 0 Å². The van der Waals surface area contributed by atoms with Gasteiger partial charge in [0.05, 0.1) is 28.7 Å². The van der Waals surface area contributed by atoms with Gasteiger partial charge in [-0.3, -0.25) is 0 Å². The molecule has 0 spiro atoms. The molecule has 0 saturated heterocycles. The standard InChI is InChI=1S/C18H16N6S/c19-9-11-1-3-12(4-2-11)15-10-25-17(23-15)16(20)14-7-8-21-18(24-14)22-13-5-6-13/h1-4,7-8,10,13,23H,5-6,20H2,(H,21,22,24)/b17-16+. The average Bonchev–Trinajstić information content (AvgIpc) is 3.33. The minimum absolute atomic E-state index is 0.493. The Balaban J connectivity index is 1.52. The highest BCUT2D eigenvalue weighted by Crippen LogP contribution is 2.33. The summed E-state index contributed by atoms with van der Waals surface area (Å²) in [5.41, 5.74) is 10.2. The number of rotatable bonds is 4. The summed E-state index contributed by atoms with van der Waals surface area (Å²) in [5.74, 6) is 0.617. The molecule has 2 heterocycles. The fraction of sp³-hybridized carbons (Fsp3) is 0.167. The lowest BCUT2D eigenvalue weighted by Gasteiger charge is -2.10. The van der Waals surface area contributed by atoms with Gasteiger partial charge in [-0.1, -0.05) is 23.9 Å². The summed E-state index contributed by atoms with van der Waals surface area (Å²) in [5, 5.41) is 18.4. The first kappa shape index (κ1) is 15.5. The maximum Gasteiger partial charge on any atom is 0.223 e. The Bertz CT molecular complexity index is 906. The van der Waals surface area contributed by atoms with Crippen LogP contribution in [0.3, 0.4) is 0 Å². The molecule has 25 heavy (non-hydrogen) atoms. The van der Waals surface area contributed by atoms with E-state index in [1.165, 1.54) is 24.6 Å². The highest BCUT2D eigenvalue weighted by atomic mass is 32.2. The summed E-state index contributed by atoms with van der Waals surface area (Å²) >= 11 is 1.53. The van der Waals surface area contributed by atoms with Crippen molar-refractivity contribution in [1.82, 2.24) is 15.3 Å². The van der Waals surface area contributed by atoms with Crippen molar-refractivity contribution in [2.75, 3.05) is 5.32 Å². The van der Waals surface area contributed by atoms with Crippen LogP contribution in [0.1, 0.15) is 29.7 Å². The maximum absolute atomic E-state index is 8.89. The van der Waals surface area contributed by atoms with E-state index in [0.717, 1.165) is 16.3 Å². The van der Waals surface area contributed by atoms with Gasteiger partial charge in [0, 0.05) is 17.6 Å². The number of benzene rings is 1. The van der Waals surface area contributed by atoms with Crippen molar-refractivity contribution in [3.05, 3.63) is 63.8 Å². The van der Waals surface area contributed by atoms with Crippen molar-refractivity contribution in [3.8, 4) is 6.07 Å². The van der Waals surface area contributed by atoms with Crippen LogP contribution in [0.5, 0.6) is 0 Å². The lowest BCUT2D eigenvalue weighted by atomic mass is 10.1. The van der Waals surface area contributed by atoms with E-state index in [1.54, 1.807) is 18.3 Å². The molecule has 7 heteroatoms. The minimum atomic E-state index is 0.493. The average molecular weight is 348 g/mol. The molecular formula is C18H16N6S. The lowest BCUT2D eigenvalue weighted by molar-refractivity contribution is 1.04. The zero-order valence-corrected chi connectivity index (χ0v) is 14.2. The number of anilines is 1. The smallest absolute Gasteiger partial charge is 0.223 e. The Morgan fingerprint density at radius 3 is 2.80 bits per heavy atom. The number of hydrogen-bond acceptors (Lipinski definition) is 7. The number of hydrogen-bond donors (Lipinski definition) is 3. The molecule has 4 N–H and O–H groups in total. The van der Waals surface area contributed by atoms with Crippen LogP contribution in [-0.4, -0.2) is 16.0 Å². The number of nitriles is 1. The molecule has 0 amide bonds. The van der Waals surface area contributed by atoms with E-state index in [0.29, 0.717) is 28.9 Å². The number of nitrogens with zero attached hydrogens (tertiary/aromatic N) is 3. The minimum Gasteiger partial charge on any atom is -0.395 e. The van der Waals surface area contributed by atoms with Gasteiger partial charge in [0.25, 0.3) is 0 Å². The van der Waals surface area contributed by atoms with E-state index in [-0.39, 0.29) is 0 Å². The van der Waals surface area contributed by atoms with E-state index in [4.69, 9.17) is 11.0 Å². The molecule has 1 aliphatic carbocycles. The zero-order chi connectivity index (χ0) is 17.2. The van der Waals surface area contributed by atoms with Crippen molar-refractivity contribution in [2.24, 2.45) is 5.73 Å². The number of nitrogens with one attached hydrogen (secondary N) is 2. The topological polar surface area (TPSA) is 99.7 Å². The molecule has 0 radical (unpaired) electrons. The molecule has 0 unspecified atom stereocenters. The van der Waals surface area contributed by atoms with Gasteiger partial charge < -0.3 is 16.4 Å². The summed E-state index contributed by atoms with van der Waals surface area (Å²) in [4.78, 5) is 8.74. The molecule has 6 nitrogen and oxygen atoms in total. The van der Waals surface area contributed by atoms with Crippen molar-refractivity contribution in [1.29, 1.82) is 5.26 Å². The van der Waals surface area contributed by atoms with Gasteiger partial charge in [0.2, 0.25) is 5.95 Å². The molecule has 2 aliphatic rings. The van der Waals surface area contributed by atoms with Gasteiger partial charge in [0.1, 0.15) is 5.03 Å². The third-order valence-corrected chi connectivity index (χ3v) is 4.87. The summed E-state index contributed by atoms with van der Waals surface area (Å²) < 4.78 is 0. The van der Waals surface area contributed by atoms with E-state index in [2.05, 4.69) is 26.7 Å². The van der Waals surface area contributed by atoms with Crippen LogP contribution in [0.15, 0.2) is 47.0 Å². The summed E-state index contributed by atoms with van der Waals surface area (Å²) in [6.45, 7) is 0. The summed E-state index contributed by atoms with van der Waals surface area (Å²) in [6.07, 6.45) is 4.05. The third-order valence-electron chi connectivity index (χ3n) is 3.95. The Morgan fingerprint density at radius 1 is 1.28 bits per heavy atom. The quantitative estimate of drug-likeness (QED) is 0.781. The second kappa shape index (κ2) is 6.49. The first-order valence-corrected chi connectivity index (χ1v) is 8.85. The van der Waals surface area contributed by atoms with Crippen LogP contribution in [0, 0.1) is 11.3 Å². The monoisotopic (exact) mass is 348 g/mol. The molecule has 1 aromatic carbocycles. The third kappa shape index (κ3) is 3.44. The highest BCUT2D eigenvalue weighted by molar-refractivity contribution is 8.06. The van der Waals surface area contributed by atoms with E-state index in [9.17, 15) is 0 Å². The van der Waals surface area contributed by atoms with Gasteiger partial charge in [-0.2, -0.15) is 5.26 Å². The first-order chi connectivity index (χ1) is 12.2. The molecule has 1 aromatic heterocycles. The van der Waals surface area contributed by atoms with Crippen molar-refractivity contribution in [3.63, 3.8) is 0 Å². The van der Waals surface area contributed by atoms with Gasteiger partial charge in [-0.15, -0.1) is 0 Å². The lowest BCUT2D eigenvalue weighted by Crippen LogP contribution is -2.13. The zero-order valence-electron chi connectivity index (χ0n) is 13.4. The van der Waals surface area contributed by atoms with Crippen LogP contribution in [-0.2, 0) is 0 Å². The number of thioether (sulfide) groups is 1. The molecule has 4 rings (SSSR count). The Labute approximate surface area is 149 Å². The van der Waals surface area contributed by atoms with Gasteiger partial charge >= 0.3 is 0 Å². The van der Waals surface area contributed by atoms with Crippen LogP contribution >= 0.6 is 11.8 Å². The predicted octanol–water partition coefficient (Wildman–Crippen LogP) is 2.84. The number of aromatic nitrogens is 2. The van der Waals surface area contributed by atoms with E-state index in [1.807, 2.05) is 23.6 Å². The van der Waals surface area contributed by atoms with Gasteiger partial charge in [0.15, 0.2) is 0 Å². The fourth-order valence-electron chi connectivity index (χ4n) is 2.40. The Hall–Kier alpha value is -2.98. The van der Waals surface area contributed by atoms with Crippen LogP contribution in [0.2, 0.25) is 0 Å². The largest absolute Gasteiger partial charge is 0.395 e. The SMILES string of the molecule is N#Cc1ccc(C2=CS/C(=C(/N)c3ccnc(NC4CC4)n3)N2)cc1. The van der Waals surface area contributed by atoms with E-state index >= 15 is 0 Å². The Morgan fingerprint density at radius 2 is 2.08 bits per heavy atom. The second-order valence-corrected chi connectivity index (χ2v) is 6.77. The molecule has 1 aliphatic heterocycles. The van der Waals surface area contributed by atoms with Gasteiger partial charge in [-0.05, 0) is 36.6 Å². The van der Waals surface area contributed by atoms with Crippen LogP contribution in [0.4, 0.5) is 5.95 Å². The van der Waals surface area contributed by atoms with Gasteiger partial charge in [-0.25, -0.2) is 9.97 Å². The van der Waals surface area contributed by atoms with E-state index < -0.39 is 0 Å². The molecule has 1 saturated carbocycles. The van der Waals surface area contributed by atoms with Crippen LogP contribution in [0.25, 0.3) is 11.4 Å². The van der Waals surface area contributed by atoms with Crippen molar-refractivity contribution >= 4 is 29.1 Å². The normalized spacial score (nSPS) is 18.1.